The number of ether oxygens (including phenoxy) is 2. The normalized spacial score (nSPS) is 11.3. The second kappa shape index (κ2) is 10.8. The van der Waals surface area contributed by atoms with Crippen molar-refractivity contribution in [3.05, 3.63) is 29.8 Å². The van der Waals surface area contributed by atoms with Gasteiger partial charge in [-0.2, -0.15) is 0 Å². The predicted octanol–water partition coefficient (Wildman–Crippen LogP) is 2.48. The van der Waals surface area contributed by atoms with E-state index in [9.17, 15) is 9.59 Å². The Morgan fingerprint density at radius 3 is 2.31 bits per heavy atom. The van der Waals surface area contributed by atoms with E-state index < -0.39 is 0 Å². The lowest BCUT2D eigenvalue weighted by Gasteiger charge is -2.23. The zero-order valence-electron chi connectivity index (χ0n) is 16.7. The first-order valence-electron chi connectivity index (χ1n) is 9.14. The van der Waals surface area contributed by atoms with Crippen molar-refractivity contribution >= 4 is 11.9 Å². The van der Waals surface area contributed by atoms with Gasteiger partial charge in [-0.05, 0) is 36.6 Å². The Bertz CT molecular complexity index is 562. The van der Waals surface area contributed by atoms with Crippen LogP contribution in [0.15, 0.2) is 24.3 Å². The van der Waals surface area contributed by atoms with Crippen molar-refractivity contribution in [2.24, 2.45) is 5.92 Å². The van der Waals surface area contributed by atoms with Crippen LogP contribution in [0.25, 0.3) is 0 Å². The zero-order valence-corrected chi connectivity index (χ0v) is 16.7. The van der Waals surface area contributed by atoms with E-state index in [-0.39, 0.29) is 24.8 Å². The number of amides is 1. The van der Waals surface area contributed by atoms with E-state index in [1.807, 2.05) is 21.1 Å². The SMILES string of the molecule is CC(C)CCOc1ccc(C(=O)NCCC(=O)OCC[N+](C)(C)C)cc1. The Hall–Kier alpha value is -2.08. The Kier molecular flexibility index (Phi) is 9.13. The van der Waals surface area contributed by atoms with Crippen LogP contribution in [0.3, 0.4) is 0 Å². The van der Waals surface area contributed by atoms with Gasteiger partial charge in [0.2, 0.25) is 0 Å². The van der Waals surface area contributed by atoms with Crippen LogP contribution in [0.5, 0.6) is 5.75 Å². The van der Waals surface area contributed by atoms with E-state index in [0.29, 0.717) is 24.7 Å². The molecule has 6 nitrogen and oxygen atoms in total. The van der Waals surface area contributed by atoms with Crippen LogP contribution in [0, 0.1) is 5.92 Å². The van der Waals surface area contributed by atoms with Crippen molar-refractivity contribution < 1.29 is 23.5 Å². The molecule has 0 spiro atoms. The summed E-state index contributed by atoms with van der Waals surface area (Å²) >= 11 is 0. The second-order valence-electron chi connectivity index (χ2n) is 7.80. The van der Waals surface area contributed by atoms with Gasteiger partial charge in [0.25, 0.3) is 5.91 Å². The van der Waals surface area contributed by atoms with Gasteiger partial charge in [-0.15, -0.1) is 0 Å². The van der Waals surface area contributed by atoms with E-state index in [4.69, 9.17) is 9.47 Å². The number of carbonyl (C=O) groups excluding carboxylic acids is 2. The number of esters is 1. The van der Waals surface area contributed by atoms with Gasteiger partial charge in [-0.1, -0.05) is 13.8 Å². The molecule has 1 N–H and O–H groups in total. The minimum absolute atomic E-state index is 0.166. The van der Waals surface area contributed by atoms with E-state index in [2.05, 4.69) is 19.2 Å². The highest BCUT2D eigenvalue weighted by atomic mass is 16.5. The fourth-order valence-electron chi connectivity index (χ4n) is 2.00. The maximum atomic E-state index is 12.1. The van der Waals surface area contributed by atoms with Gasteiger partial charge < -0.3 is 19.3 Å². The summed E-state index contributed by atoms with van der Waals surface area (Å²) in [5, 5.41) is 2.73. The van der Waals surface area contributed by atoms with Crippen LogP contribution in [0.1, 0.15) is 37.0 Å². The molecule has 1 rings (SSSR count). The summed E-state index contributed by atoms with van der Waals surface area (Å²) in [5.74, 6) is 0.841. The predicted molar refractivity (Wildman–Crippen MR) is 102 cm³/mol. The number of nitrogens with zero attached hydrogens (tertiary/aromatic N) is 1. The molecular weight excluding hydrogens is 332 g/mol. The van der Waals surface area contributed by atoms with Crippen molar-refractivity contribution in [2.75, 3.05) is 47.4 Å². The molecule has 6 heteroatoms. The van der Waals surface area contributed by atoms with Gasteiger partial charge in [-0.25, -0.2) is 0 Å². The molecule has 0 bridgehead atoms. The number of quaternary nitrogens is 1. The molecule has 0 heterocycles. The van der Waals surface area contributed by atoms with E-state index >= 15 is 0 Å². The molecule has 0 radical (unpaired) electrons. The first kappa shape index (κ1) is 22.0. The molecule has 26 heavy (non-hydrogen) atoms. The van der Waals surface area contributed by atoms with Gasteiger partial charge >= 0.3 is 5.97 Å². The highest BCUT2D eigenvalue weighted by molar-refractivity contribution is 5.94. The summed E-state index contributed by atoms with van der Waals surface area (Å²) in [6.07, 6.45) is 1.16. The van der Waals surface area contributed by atoms with Crippen molar-refractivity contribution in [1.82, 2.24) is 5.32 Å². The average molecular weight is 365 g/mol. The summed E-state index contributed by atoms with van der Waals surface area (Å²) in [6, 6.07) is 7.02. The largest absolute Gasteiger partial charge is 0.494 e. The third-order valence-electron chi connectivity index (χ3n) is 3.72. The number of nitrogens with one attached hydrogen (secondary N) is 1. The third kappa shape index (κ3) is 10.0. The number of hydrogen-bond donors (Lipinski definition) is 1. The number of hydrogen-bond acceptors (Lipinski definition) is 4. The number of carbonyl (C=O) groups is 2. The highest BCUT2D eigenvalue weighted by Gasteiger charge is 2.10. The topological polar surface area (TPSA) is 64.6 Å². The van der Waals surface area contributed by atoms with Gasteiger partial charge in [0.15, 0.2) is 0 Å². The van der Waals surface area contributed by atoms with E-state index in [1.54, 1.807) is 24.3 Å². The number of benzene rings is 1. The maximum Gasteiger partial charge on any atom is 0.307 e. The average Bonchev–Trinajstić information content (AvgIpc) is 2.54. The molecule has 0 aliphatic heterocycles. The molecule has 146 valence electrons. The molecule has 0 fully saturated rings. The molecule has 0 saturated carbocycles. The Labute approximate surface area is 157 Å². The summed E-state index contributed by atoms with van der Waals surface area (Å²) in [7, 11) is 6.11. The monoisotopic (exact) mass is 365 g/mol. The molecule has 0 aliphatic carbocycles. The molecule has 1 aromatic carbocycles. The quantitative estimate of drug-likeness (QED) is 0.483. The first-order chi connectivity index (χ1) is 12.2. The van der Waals surface area contributed by atoms with E-state index in [1.165, 1.54) is 0 Å². The highest BCUT2D eigenvalue weighted by Crippen LogP contribution is 2.13. The van der Waals surface area contributed by atoms with Gasteiger partial charge in [0.05, 0.1) is 34.2 Å². The molecule has 0 aliphatic rings. The summed E-state index contributed by atoms with van der Waals surface area (Å²) in [6.45, 7) is 6.36. The summed E-state index contributed by atoms with van der Waals surface area (Å²) in [5.41, 5.74) is 0.541. The van der Waals surface area contributed by atoms with Crippen LogP contribution < -0.4 is 10.1 Å². The fourth-order valence-corrected chi connectivity index (χ4v) is 2.00. The lowest BCUT2D eigenvalue weighted by molar-refractivity contribution is -0.870. The first-order valence-corrected chi connectivity index (χ1v) is 9.14. The van der Waals surface area contributed by atoms with Crippen molar-refractivity contribution in [1.29, 1.82) is 0 Å². The zero-order chi connectivity index (χ0) is 19.6. The Balaban J connectivity index is 2.27. The third-order valence-corrected chi connectivity index (χ3v) is 3.72. The molecule has 0 unspecified atom stereocenters. The molecular formula is C20H33N2O4+. The van der Waals surface area contributed by atoms with Crippen LogP contribution >= 0.6 is 0 Å². The minimum atomic E-state index is -0.298. The van der Waals surface area contributed by atoms with Gasteiger partial charge in [-0.3, -0.25) is 9.59 Å². The number of rotatable bonds is 11. The lowest BCUT2D eigenvalue weighted by atomic mass is 10.1. The van der Waals surface area contributed by atoms with Crippen molar-refractivity contribution in [3.8, 4) is 5.75 Å². The maximum absolute atomic E-state index is 12.1. The molecule has 0 saturated heterocycles. The van der Waals surface area contributed by atoms with E-state index in [0.717, 1.165) is 23.2 Å². The number of likely N-dealkylation sites (N-methyl/N-ethyl adjacent to an activating group) is 1. The Morgan fingerprint density at radius 2 is 1.73 bits per heavy atom. The lowest BCUT2D eigenvalue weighted by Crippen LogP contribution is -2.38. The Morgan fingerprint density at radius 1 is 1.08 bits per heavy atom. The molecule has 0 atom stereocenters. The van der Waals surface area contributed by atoms with Gasteiger partial charge in [0.1, 0.15) is 18.9 Å². The van der Waals surface area contributed by atoms with Crippen molar-refractivity contribution in [2.45, 2.75) is 26.7 Å². The van der Waals surface area contributed by atoms with Crippen LogP contribution in [-0.4, -0.2) is 63.8 Å². The minimum Gasteiger partial charge on any atom is -0.494 e. The van der Waals surface area contributed by atoms with Crippen LogP contribution in [-0.2, 0) is 9.53 Å². The van der Waals surface area contributed by atoms with Crippen LogP contribution in [0.2, 0.25) is 0 Å². The van der Waals surface area contributed by atoms with Crippen LogP contribution in [0.4, 0.5) is 0 Å². The summed E-state index contributed by atoms with van der Waals surface area (Å²) in [4.78, 5) is 23.7. The summed E-state index contributed by atoms with van der Waals surface area (Å²) < 4.78 is 11.5. The van der Waals surface area contributed by atoms with Crippen molar-refractivity contribution in [3.63, 3.8) is 0 Å². The van der Waals surface area contributed by atoms with Gasteiger partial charge in [0, 0.05) is 12.1 Å². The fraction of sp³-hybridized carbons (Fsp3) is 0.600. The smallest absolute Gasteiger partial charge is 0.307 e. The molecule has 1 amide bonds. The standard InChI is InChI=1S/C20H32N2O4/c1-16(2)11-14-25-18-8-6-17(7-9-18)20(24)21-12-10-19(23)26-15-13-22(3,4)5/h6-9,16H,10-15H2,1-5H3/p+1. The second-order valence-corrected chi connectivity index (χ2v) is 7.80. The molecule has 0 aromatic heterocycles. The molecule has 1 aromatic rings.